The minimum absolute atomic E-state index is 0.111. The second-order valence-corrected chi connectivity index (χ2v) is 4.64. The van der Waals surface area contributed by atoms with Gasteiger partial charge in [-0.1, -0.05) is 44.2 Å². The highest BCUT2D eigenvalue weighted by Crippen LogP contribution is 2.27. The molecule has 4 heteroatoms. The van der Waals surface area contributed by atoms with Crippen molar-refractivity contribution in [2.24, 2.45) is 5.92 Å². The second-order valence-electron chi connectivity index (χ2n) is 4.64. The van der Waals surface area contributed by atoms with Gasteiger partial charge in [-0.25, -0.2) is 0 Å². The number of rotatable bonds is 6. The van der Waals surface area contributed by atoms with E-state index in [0.717, 1.165) is 5.56 Å². The lowest BCUT2D eigenvalue weighted by molar-refractivity contribution is -0.138. The van der Waals surface area contributed by atoms with Gasteiger partial charge in [0.2, 0.25) is 5.91 Å². The number of hydrogen-bond acceptors (Lipinski definition) is 2. The van der Waals surface area contributed by atoms with Crippen molar-refractivity contribution >= 4 is 11.9 Å². The Labute approximate surface area is 107 Å². The third-order valence-electron chi connectivity index (χ3n) is 2.87. The molecular formula is C14H19NO3. The standard InChI is InChI=1S/C14H19NO3/c1-10(2)12(11-6-4-3-5-7-11)8-13(16)15-9-14(17)18/h3-7,10,12H,8-9H2,1-2H3,(H,15,16)(H,17,18)/t12-/m0/s1. The van der Waals surface area contributed by atoms with Crippen LogP contribution in [0.3, 0.4) is 0 Å². The number of carboxylic acid groups (broad SMARTS) is 1. The Kier molecular flexibility index (Phi) is 5.36. The number of carbonyl (C=O) groups is 2. The van der Waals surface area contributed by atoms with E-state index in [2.05, 4.69) is 19.2 Å². The molecule has 0 heterocycles. The molecule has 0 aromatic heterocycles. The van der Waals surface area contributed by atoms with Crippen LogP contribution in [0.15, 0.2) is 30.3 Å². The first kappa shape index (κ1) is 14.2. The molecule has 18 heavy (non-hydrogen) atoms. The number of nitrogens with one attached hydrogen (secondary N) is 1. The molecule has 1 amide bonds. The molecular weight excluding hydrogens is 230 g/mol. The maximum absolute atomic E-state index is 11.7. The molecule has 98 valence electrons. The summed E-state index contributed by atoms with van der Waals surface area (Å²) in [5, 5.41) is 10.9. The molecule has 0 saturated heterocycles. The van der Waals surface area contributed by atoms with E-state index in [1.54, 1.807) is 0 Å². The van der Waals surface area contributed by atoms with Crippen molar-refractivity contribution < 1.29 is 14.7 Å². The average molecular weight is 249 g/mol. The molecule has 1 aromatic carbocycles. The number of carboxylic acids is 1. The van der Waals surface area contributed by atoms with Crippen LogP contribution in [0.2, 0.25) is 0 Å². The zero-order valence-corrected chi connectivity index (χ0v) is 10.7. The Morgan fingerprint density at radius 1 is 1.22 bits per heavy atom. The monoisotopic (exact) mass is 249 g/mol. The minimum atomic E-state index is -1.02. The molecule has 0 spiro atoms. The van der Waals surface area contributed by atoms with Gasteiger partial charge < -0.3 is 10.4 Å². The number of benzene rings is 1. The first-order valence-corrected chi connectivity index (χ1v) is 6.04. The molecule has 0 radical (unpaired) electrons. The summed E-state index contributed by atoms with van der Waals surface area (Å²) in [6.07, 6.45) is 0.314. The molecule has 0 saturated carbocycles. The summed E-state index contributed by atoms with van der Waals surface area (Å²) in [4.78, 5) is 22.0. The van der Waals surface area contributed by atoms with Crippen molar-refractivity contribution in [3.63, 3.8) is 0 Å². The molecule has 0 aliphatic carbocycles. The quantitative estimate of drug-likeness (QED) is 0.810. The average Bonchev–Trinajstić information content (AvgIpc) is 2.34. The summed E-state index contributed by atoms with van der Waals surface area (Å²) in [6.45, 7) is 3.79. The summed E-state index contributed by atoms with van der Waals surface area (Å²) in [7, 11) is 0. The van der Waals surface area contributed by atoms with Crippen molar-refractivity contribution in [1.82, 2.24) is 5.32 Å². The van der Waals surface area contributed by atoms with Crippen LogP contribution in [0.4, 0.5) is 0 Å². The van der Waals surface area contributed by atoms with Gasteiger partial charge in [-0.2, -0.15) is 0 Å². The first-order chi connectivity index (χ1) is 8.50. The fraction of sp³-hybridized carbons (Fsp3) is 0.429. The first-order valence-electron chi connectivity index (χ1n) is 6.04. The number of aliphatic carboxylic acids is 1. The van der Waals surface area contributed by atoms with E-state index in [0.29, 0.717) is 12.3 Å². The van der Waals surface area contributed by atoms with Gasteiger partial charge in [-0.05, 0) is 17.4 Å². The summed E-state index contributed by atoms with van der Waals surface area (Å²) in [5.74, 6) is -0.813. The van der Waals surface area contributed by atoms with Crippen molar-refractivity contribution in [2.45, 2.75) is 26.2 Å². The normalized spacial score (nSPS) is 12.2. The Hall–Kier alpha value is -1.84. The summed E-state index contributed by atoms with van der Waals surface area (Å²) in [6, 6.07) is 9.81. The fourth-order valence-electron chi connectivity index (χ4n) is 1.88. The van der Waals surface area contributed by atoms with Crippen LogP contribution >= 0.6 is 0 Å². The smallest absolute Gasteiger partial charge is 0.322 e. The van der Waals surface area contributed by atoms with Crippen molar-refractivity contribution in [1.29, 1.82) is 0 Å². The van der Waals surface area contributed by atoms with Crippen molar-refractivity contribution in [3.8, 4) is 0 Å². The van der Waals surface area contributed by atoms with Gasteiger partial charge >= 0.3 is 5.97 Å². The molecule has 1 atom stereocenters. The van der Waals surface area contributed by atoms with Gasteiger partial charge in [0, 0.05) is 6.42 Å². The van der Waals surface area contributed by atoms with Gasteiger partial charge in [-0.3, -0.25) is 9.59 Å². The lowest BCUT2D eigenvalue weighted by Gasteiger charge is -2.20. The highest BCUT2D eigenvalue weighted by atomic mass is 16.4. The van der Waals surface area contributed by atoms with E-state index in [4.69, 9.17) is 5.11 Å². The number of amides is 1. The third kappa shape index (κ3) is 4.57. The zero-order chi connectivity index (χ0) is 13.5. The van der Waals surface area contributed by atoms with Crippen molar-refractivity contribution in [2.75, 3.05) is 6.54 Å². The Morgan fingerprint density at radius 3 is 2.33 bits per heavy atom. The van der Waals surface area contributed by atoms with Crippen LogP contribution in [0.25, 0.3) is 0 Å². The van der Waals surface area contributed by atoms with Crippen molar-refractivity contribution in [3.05, 3.63) is 35.9 Å². The van der Waals surface area contributed by atoms with Crippen LogP contribution in [0.5, 0.6) is 0 Å². The minimum Gasteiger partial charge on any atom is -0.480 e. The molecule has 0 aliphatic rings. The lowest BCUT2D eigenvalue weighted by Crippen LogP contribution is -2.31. The third-order valence-corrected chi connectivity index (χ3v) is 2.87. The largest absolute Gasteiger partial charge is 0.480 e. The Morgan fingerprint density at radius 2 is 1.83 bits per heavy atom. The maximum atomic E-state index is 11.7. The molecule has 1 aromatic rings. The molecule has 2 N–H and O–H groups in total. The molecule has 0 fully saturated rings. The second kappa shape index (κ2) is 6.79. The molecule has 0 unspecified atom stereocenters. The van der Waals surface area contributed by atoms with Gasteiger partial charge in [0.25, 0.3) is 0 Å². The van der Waals surface area contributed by atoms with Gasteiger partial charge in [0.05, 0.1) is 0 Å². The van der Waals surface area contributed by atoms with Gasteiger partial charge in [-0.15, -0.1) is 0 Å². The van der Waals surface area contributed by atoms with Crippen LogP contribution in [0, 0.1) is 5.92 Å². The molecule has 4 nitrogen and oxygen atoms in total. The van der Waals surface area contributed by atoms with Crippen LogP contribution in [-0.2, 0) is 9.59 Å². The van der Waals surface area contributed by atoms with Crippen LogP contribution < -0.4 is 5.32 Å². The fourth-order valence-corrected chi connectivity index (χ4v) is 1.88. The van der Waals surface area contributed by atoms with Gasteiger partial charge in [0.1, 0.15) is 6.54 Å². The molecule has 1 rings (SSSR count). The number of carbonyl (C=O) groups excluding carboxylic acids is 1. The molecule has 0 aliphatic heterocycles. The molecule has 0 bridgehead atoms. The Balaban J connectivity index is 2.64. The van der Waals surface area contributed by atoms with E-state index >= 15 is 0 Å². The van der Waals surface area contributed by atoms with Crippen LogP contribution in [-0.4, -0.2) is 23.5 Å². The predicted molar refractivity (Wildman–Crippen MR) is 69.3 cm³/mol. The van der Waals surface area contributed by atoms with E-state index in [9.17, 15) is 9.59 Å². The predicted octanol–water partition coefficient (Wildman–Crippen LogP) is 2.02. The van der Waals surface area contributed by atoms with E-state index in [1.807, 2.05) is 30.3 Å². The summed E-state index contributed by atoms with van der Waals surface area (Å²) in [5.41, 5.74) is 1.11. The highest BCUT2D eigenvalue weighted by molar-refractivity contribution is 5.81. The van der Waals surface area contributed by atoms with Gasteiger partial charge in [0.15, 0.2) is 0 Å². The Bertz CT molecular complexity index is 401. The highest BCUT2D eigenvalue weighted by Gasteiger charge is 2.19. The van der Waals surface area contributed by atoms with E-state index in [-0.39, 0.29) is 18.4 Å². The SMILES string of the molecule is CC(C)[C@H](CC(=O)NCC(=O)O)c1ccccc1. The zero-order valence-electron chi connectivity index (χ0n) is 10.7. The van der Waals surface area contributed by atoms with Crippen LogP contribution in [0.1, 0.15) is 31.7 Å². The maximum Gasteiger partial charge on any atom is 0.322 e. The number of hydrogen-bond donors (Lipinski definition) is 2. The van der Waals surface area contributed by atoms with E-state index in [1.165, 1.54) is 0 Å². The summed E-state index contributed by atoms with van der Waals surface area (Å²) >= 11 is 0. The summed E-state index contributed by atoms with van der Waals surface area (Å²) < 4.78 is 0. The lowest BCUT2D eigenvalue weighted by atomic mass is 9.85. The van der Waals surface area contributed by atoms with E-state index < -0.39 is 5.97 Å². The topological polar surface area (TPSA) is 66.4 Å².